The van der Waals surface area contributed by atoms with E-state index in [9.17, 15) is 9.59 Å². The molecule has 7 nitrogen and oxygen atoms in total. The van der Waals surface area contributed by atoms with E-state index < -0.39 is 5.60 Å². The normalized spacial score (nSPS) is 20.6. The van der Waals surface area contributed by atoms with Crippen molar-refractivity contribution in [3.63, 3.8) is 0 Å². The van der Waals surface area contributed by atoms with Gasteiger partial charge in [0, 0.05) is 43.7 Å². The Morgan fingerprint density at radius 3 is 2.80 bits per heavy atom. The number of hydrogen-bond donors (Lipinski definition) is 1. The summed E-state index contributed by atoms with van der Waals surface area (Å²) in [6, 6.07) is 3.46. The van der Waals surface area contributed by atoms with E-state index in [4.69, 9.17) is 10.5 Å². The molecule has 7 heteroatoms. The molecular formula is C18H26N4O3. The summed E-state index contributed by atoms with van der Waals surface area (Å²) in [5.74, 6) is 0.286. The van der Waals surface area contributed by atoms with Crippen LogP contribution in [-0.4, -0.2) is 58.1 Å². The predicted octanol–water partition coefficient (Wildman–Crippen LogP) is 2.28. The number of hydrogen-bond acceptors (Lipinski definition) is 5. The monoisotopic (exact) mass is 346 g/mol. The van der Waals surface area contributed by atoms with Gasteiger partial charge in [-0.2, -0.15) is 0 Å². The van der Waals surface area contributed by atoms with Gasteiger partial charge in [0.2, 0.25) is 0 Å². The van der Waals surface area contributed by atoms with E-state index in [0.29, 0.717) is 43.9 Å². The van der Waals surface area contributed by atoms with Crippen LogP contribution in [0, 0.1) is 0 Å². The Morgan fingerprint density at radius 1 is 1.44 bits per heavy atom. The summed E-state index contributed by atoms with van der Waals surface area (Å²) < 4.78 is 5.74. The molecule has 1 aromatic rings. The fourth-order valence-electron chi connectivity index (χ4n) is 3.70. The molecule has 2 saturated heterocycles. The number of anilines is 1. The minimum absolute atomic E-state index is 0.0514. The van der Waals surface area contributed by atoms with Crippen LogP contribution in [0.2, 0.25) is 0 Å². The first-order valence-corrected chi connectivity index (χ1v) is 8.94. The van der Waals surface area contributed by atoms with Crippen molar-refractivity contribution in [3.8, 4) is 0 Å². The molecule has 0 bridgehead atoms. The fraction of sp³-hybridized carbons (Fsp3) is 0.611. The molecule has 2 N–H and O–H groups in total. The van der Waals surface area contributed by atoms with Crippen LogP contribution in [0.15, 0.2) is 18.3 Å². The molecule has 2 aliphatic heterocycles. The molecule has 0 unspecified atom stereocenters. The van der Waals surface area contributed by atoms with E-state index in [-0.39, 0.29) is 18.0 Å². The Morgan fingerprint density at radius 2 is 2.16 bits per heavy atom. The fourth-order valence-corrected chi connectivity index (χ4v) is 3.70. The number of carbonyl (C=O) groups is 2. The van der Waals surface area contributed by atoms with Crippen LogP contribution in [0.1, 0.15) is 49.9 Å². The lowest BCUT2D eigenvalue weighted by molar-refractivity contribution is 0.00306. The SMILES string of the molecule is CCC[C@@H](C)N1CC2(CCN(C(=O)c3ccnc(N)c3)CC2)OC1=O. The van der Waals surface area contributed by atoms with Crippen LogP contribution < -0.4 is 5.73 Å². The molecule has 0 radical (unpaired) electrons. The highest BCUT2D eigenvalue weighted by Crippen LogP contribution is 2.35. The van der Waals surface area contributed by atoms with Gasteiger partial charge in [0.25, 0.3) is 5.91 Å². The number of rotatable bonds is 4. The standard InChI is InChI=1S/C18H26N4O3/c1-3-4-13(2)22-12-18(25-17(22)24)6-9-21(10-7-18)16(23)14-5-8-20-15(19)11-14/h5,8,11,13H,3-4,6-7,9-10,12H2,1-2H3,(H2,19,20)/t13-/m1/s1. The van der Waals surface area contributed by atoms with Crippen LogP contribution in [0.25, 0.3) is 0 Å². The number of aromatic nitrogens is 1. The Kier molecular flexibility index (Phi) is 4.83. The number of nitrogens with two attached hydrogens (primary N) is 1. The third-order valence-corrected chi connectivity index (χ3v) is 5.23. The van der Waals surface area contributed by atoms with Crippen LogP contribution in [0.3, 0.4) is 0 Å². The molecule has 0 aliphatic carbocycles. The molecule has 1 spiro atoms. The largest absolute Gasteiger partial charge is 0.441 e. The van der Waals surface area contributed by atoms with Gasteiger partial charge in [0.1, 0.15) is 11.4 Å². The van der Waals surface area contributed by atoms with E-state index in [1.807, 2.05) is 4.90 Å². The van der Waals surface area contributed by atoms with E-state index in [1.165, 1.54) is 0 Å². The van der Waals surface area contributed by atoms with Gasteiger partial charge in [-0.1, -0.05) is 13.3 Å². The highest BCUT2D eigenvalue weighted by Gasteiger charge is 2.48. The second-order valence-electron chi connectivity index (χ2n) is 7.08. The molecule has 3 rings (SSSR count). The summed E-state index contributed by atoms with van der Waals surface area (Å²) in [7, 11) is 0. The molecule has 136 valence electrons. The average Bonchev–Trinajstić information content (AvgIpc) is 2.91. The molecule has 2 amide bonds. The maximum absolute atomic E-state index is 12.6. The minimum Gasteiger partial charge on any atom is -0.441 e. The van der Waals surface area contributed by atoms with Crippen LogP contribution >= 0.6 is 0 Å². The Balaban J connectivity index is 1.62. The van der Waals surface area contributed by atoms with Crippen molar-refractivity contribution in [1.82, 2.24) is 14.8 Å². The molecule has 1 aromatic heterocycles. The Labute approximate surface area is 148 Å². The molecular weight excluding hydrogens is 320 g/mol. The van der Waals surface area contributed by atoms with Crippen molar-refractivity contribution in [2.75, 3.05) is 25.4 Å². The third kappa shape index (κ3) is 3.55. The van der Waals surface area contributed by atoms with E-state index >= 15 is 0 Å². The summed E-state index contributed by atoms with van der Waals surface area (Å²) in [5.41, 5.74) is 5.75. The quantitative estimate of drug-likeness (QED) is 0.903. The zero-order valence-corrected chi connectivity index (χ0v) is 14.9. The molecule has 25 heavy (non-hydrogen) atoms. The predicted molar refractivity (Wildman–Crippen MR) is 94.1 cm³/mol. The zero-order chi connectivity index (χ0) is 18.0. The molecule has 0 aromatic carbocycles. The summed E-state index contributed by atoms with van der Waals surface area (Å²) in [5, 5.41) is 0. The summed E-state index contributed by atoms with van der Waals surface area (Å²) >= 11 is 0. The van der Waals surface area contributed by atoms with Crippen molar-refractivity contribution in [3.05, 3.63) is 23.9 Å². The molecule has 2 aliphatic rings. The number of piperidine rings is 1. The Bertz CT molecular complexity index is 655. The van der Waals surface area contributed by atoms with Crippen LogP contribution in [-0.2, 0) is 4.74 Å². The second kappa shape index (κ2) is 6.90. The number of amides is 2. The second-order valence-corrected chi connectivity index (χ2v) is 7.08. The maximum Gasteiger partial charge on any atom is 0.410 e. The van der Waals surface area contributed by atoms with Crippen molar-refractivity contribution in [2.45, 2.75) is 51.2 Å². The van der Waals surface area contributed by atoms with Gasteiger partial charge in [-0.05, 0) is 25.5 Å². The highest BCUT2D eigenvalue weighted by atomic mass is 16.6. The molecule has 0 saturated carbocycles. The topological polar surface area (TPSA) is 88.8 Å². The number of carbonyl (C=O) groups excluding carboxylic acids is 2. The summed E-state index contributed by atoms with van der Waals surface area (Å²) in [6.45, 7) is 5.95. The van der Waals surface area contributed by atoms with Gasteiger partial charge in [-0.3, -0.25) is 4.79 Å². The lowest BCUT2D eigenvalue weighted by Crippen LogP contribution is -2.49. The molecule has 1 atom stereocenters. The number of nitrogens with zero attached hydrogens (tertiary/aromatic N) is 3. The first-order chi connectivity index (χ1) is 11.9. The van der Waals surface area contributed by atoms with Crippen molar-refractivity contribution < 1.29 is 14.3 Å². The van der Waals surface area contributed by atoms with Gasteiger partial charge in [-0.25, -0.2) is 9.78 Å². The van der Waals surface area contributed by atoms with Crippen molar-refractivity contribution in [1.29, 1.82) is 0 Å². The summed E-state index contributed by atoms with van der Waals surface area (Å²) in [4.78, 5) is 32.4. The first kappa shape index (κ1) is 17.5. The molecule has 3 heterocycles. The van der Waals surface area contributed by atoms with E-state index in [1.54, 1.807) is 23.2 Å². The smallest absolute Gasteiger partial charge is 0.410 e. The number of nitrogen functional groups attached to an aromatic ring is 1. The van der Waals surface area contributed by atoms with Gasteiger partial charge in [0.15, 0.2) is 0 Å². The number of ether oxygens (including phenoxy) is 1. The Hall–Kier alpha value is -2.31. The molecule has 2 fully saturated rings. The highest BCUT2D eigenvalue weighted by molar-refractivity contribution is 5.94. The van der Waals surface area contributed by atoms with Crippen molar-refractivity contribution in [2.24, 2.45) is 0 Å². The first-order valence-electron chi connectivity index (χ1n) is 8.94. The van der Waals surface area contributed by atoms with Gasteiger partial charge < -0.3 is 20.3 Å². The summed E-state index contributed by atoms with van der Waals surface area (Å²) in [6.07, 6.45) is 4.66. The van der Waals surface area contributed by atoms with Crippen molar-refractivity contribution >= 4 is 17.8 Å². The zero-order valence-electron chi connectivity index (χ0n) is 14.9. The van der Waals surface area contributed by atoms with Gasteiger partial charge in [-0.15, -0.1) is 0 Å². The van der Waals surface area contributed by atoms with Crippen LogP contribution in [0.5, 0.6) is 0 Å². The van der Waals surface area contributed by atoms with Gasteiger partial charge in [0.05, 0.1) is 6.54 Å². The van der Waals surface area contributed by atoms with Gasteiger partial charge >= 0.3 is 6.09 Å². The van der Waals surface area contributed by atoms with E-state index in [2.05, 4.69) is 18.8 Å². The van der Waals surface area contributed by atoms with Crippen LogP contribution in [0.4, 0.5) is 10.6 Å². The lowest BCUT2D eigenvalue weighted by atomic mass is 9.90. The maximum atomic E-state index is 12.6. The lowest BCUT2D eigenvalue weighted by Gasteiger charge is -2.37. The average molecular weight is 346 g/mol. The number of likely N-dealkylation sites (tertiary alicyclic amines) is 1. The third-order valence-electron chi connectivity index (χ3n) is 5.23. The number of pyridine rings is 1. The minimum atomic E-state index is -0.451. The van der Waals surface area contributed by atoms with E-state index in [0.717, 1.165) is 12.8 Å².